The molecule has 1 unspecified atom stereocenters. The van der Waals surface area contributed by atoms with Gasteiger partial charge in [0, 0.05) is 12.6 Å². The van der Waals surface area contributed by atoms with Crippen molar-refractivity contribution < 1.29 is 0 Å². The van der Waals surface area contributed by atoms with Gasteiger partial charge in [0.2, 0.25) is 0 Å². The van der Waals surface area contributed by atoms with Gasteiger partial charge in [-0.3, -0.25) is 0 Å². The first-order chi connectivity index (χ1) is 6.18. The SMILES string of the molecule is CC(C)c1cc2n(n1)C(C)CCN2. The van der Waals surface area contributed by atoms with Crippen LogP contribution in [0.5, 0.6) is 0 Å². The Morgan fingerprint density at radius 2 is 2.38 bits per heavy atom. The van der Waals surface area contributed by atoms with Gasteiger partial charge in [0.1, 0.15) is 5.82 Å². The quantitative estimate of drug-likeness (QED) is 0.717. The molecule has 0 bridgehead atoms. The molecule has 1 aromatic rings. The number of aromatic nitrogens is 2. The average Bonchev–Trinajstić information content (AvgIpc) is 2.49. The topological polar surface area (TPSA) is 29.9 Å². The first-order valence-corrected chi connectivity index (χ1v) is 5.02. The summed E-state index contributed by atoms with van der Waals surface area (Å²) in [6.45, 7) is 7.66. The zero-order valence-electron chi connectivity index (χ0n) is 8.54. The molecule has 0 saturated carbocycles. The lowest BCUT2D eigenvalue weighted by Gasteiger charge is -2.21. The summed E-state index contributed by atoms with van der Waals surface area (Å²) in [4.78, 5) is 0. The number of nitrogens with one attached hydrogen (secondary N) is 1. The highest BCUT2D eigenvalue weighted by Crippen LogP contribution is 2.26. The fourth-order valence-electron chi connectivity index (χ4n) is 1.69. The van der Waals surface area contributed by atoms with Crippen LogP contribution < -0.4 is 5.32 Å². The van der Waals surface area contributed by atoms with Crippen LogP contribution in [-0.2, 0) is 0 Å². The minimum Gasteiger partial charge on any atom is -0.370 e. The van der Waals surface area contributed by atoms with E-state index in [0.717, 1.165) is 6.54 Å². The lowest BCUT2D eigenvalue weighted by Crippen LogP contribution is -2.21. The molecule has 0 aliphatic carbocycles. The van der Waals surface area contributed by atoms with Crippen LogP contribution in [0.25, 0.3) is 0 Å². The number of fused-ring (bicyclic) bond motifs is 1. The van der Waals surface area contributed by atoms with E-state index in [0.29, 0.717) is 12.0 Å². The van der Waals surface area contributed by atoms with Gasteiger partial charge in [0.15, 0.2) is 0 Å². The molecule has 3 nitrogen and oxygen atoms in total. The number of nitrogens with zero attached hydrogens (tertiary/aromatic N) is 2. The van der Waals surface area contributed by atoms with E-state index in [1.165, 1.54) is 17.9 Å². The van der Waals surface area contributed by atoms with Crippen molar-refractivity contribution in [1.29, 1.82) is 0 Å². The van der Waals surface area contributed by atoms with Gasteiger partial charge < -0.3 is 5.32 Å². The van der Waals surface area contributed by atoms with E-state index in [-0.39, 0.29) is 0 Å². The highest BCUT2D eigenvalue weighted by Gasteiger charge is 2.18. The molecule has 1 N–H and O–H groups in total. The predicted octanol–water partition coefficient (Wildman–Crippen LogP) is 2.38. The normalized spacial score (nSPS) is 21.4. The van der Waals surface area contributed by atoms with Gasteiger partial charge in [0.25, 0.3) is 0 Å². The Kier molecular flexibility index (Phi) is 2.02. The Morgan fingerprint density at radius 3 is 3.00 bits per heavy atom. The maximum absolute atomic E-state index is 4.59. The summed E-state index contributed by atoms with van der Waals surface area (Å²) in [5, 5.41) is 7.95. The van der Waals surface area contributed by atoms with Gasteiger partial charge in [0.05, 0.1) is 11.7 Å². The minimum atomic E-state index is 0.520. The molecule has 13 heavy (non-hydrogen) atoms. The van der Waals surface area contributed by atoms with E-state index in [9.17, 15) is 0 Å². The summed E-state index contributed by atoms with van der Waals surface area (Å²) in [6.07, 6.45) is 1.17. The molecule has 0 radical (unpaired) electrons. The highest BCUT2D eigenvalue weighted by molar-refractivity contribution is 5.39. The third-order valence-electron chi connectivity index (χ3n) is 2.63. The van der Waals surface area contributed by atoms with Crippen LogP contribution in [-0.4, -0.2) is 16.3 Å². The Balaban J connectivity index is 2.36. The summed E-state index contributed by atoms with van der Waals surface area (Å²) in [6, 6.07) is 2.71. The molecule has 2 heterocycles. The zero-order chi connectivity index (χ0) is 9.42. The van der Waals surface area contributed by atoms with Crippen molar-refractivity contribution in [3.8, 4) is 0 Å². The zero-order valence-corrected chi connectivity index (χ0v) is 8.54. The third kappa shape index (κ3) is 1.43. The van der Waals surface area contributed by atoms with Crippen LogP contribution in [0.3, 0.4) is 0 Å². The highest BCUT2D eigenvalue weighted by atomic mass is 15.4. The lowest BCUT2D eigenvalue weighted by atomic mass is 10.1. The largest absolute Gasteiger partial charge is 0.370 e. The Bertz CT molecular complexity index is 301. The molecule has 3 heteroatoms. The Hall–Kier alpha value is -0.990. The Labute approximate surface area is 79.1 Å². The molecular formula is C10H17N3. The molecule has 72 valence electrons. The molecule has 1 aliphatic heterocycles. The van der Waals surface area contributed by atoms with E-state index < -0.39 is 0 Å². The molecule has 0 spiro atoms. The van der Waals surface area contributed by atoms with Gasteiger partial charge in [-0.2, -0.15) is 5.10 Å². The molecule has 1 aromatic heterocycles. The second-order valence-electron chi connectivity index (χ2n) is 4.12. The summed E-state index contributed by atoms with van der Waals surface area (Å²) in [5.74, 6) is 1.70. The maximum Gasteiger partial charge on any atom is 0.124 e. The van der Waals surface area contributed by atoms with Gasteiger partial charge in [-0.1, -0.05) is 13.8 Å². The van der Waals surface area contributed by atoms with Crippen LogP contribution in [0.15, 0.2) is 6.07 Å². The Morgan fingerprint density at radius 1 is 1.62 bits per heavy atom. The van der Waals surface area contributed by atoms with Crippen molar-refractivity contribution in [2.24, 2.45) is 0 Å². The summed E-state index contributed by atoms with van der Waals surface area (Å²) >= 11 is 0. The van der Waals surface area contributed by atoms with Crippen molar-refractivity contribution in [2.45, 2.75) is 39.2 Å². The van der Waals surface area contributed by atoms with E-state index in [4.69, 9.17) is 0 Å². The first-order valence-electron chi connectivity index (χ1n) is 5.02. The second-order valence-corrected chi connectivity index (χ2v) is 4.12. The fraction of sp³-hybridized carbons (Fsp3) is 0.700. The number of rotatable bonds is 1. The third-order valence-corrected chi connectivity index (χ3v) is 2.63. The van der Waals surface area contributed by atoms with Gasteiger partial charge >= 0.3 is 0 Å². The first kappa shape index (κ1) is 8.60. The van der Waals surface area contributed by atoms with Crippen molar-refractivity contribution in [1.82, 2.24) is 9.78 Å². The van der Waals surface area contributed by atoms with E-state index in [1.54, 1.807) is 0 Å². The molecule has 0 saturated heterocycles. The van der Waals surface area contributed by atoms with E-state index >= 15 is 0 Å². The smallest absolute Gasteiger partial charge is 0.124 e. The predicted molar refractivity (Wildman–Crippen MR) is 54.1 cm³/mol. The lowest BCUT2D eigenvalue weighted by molar-refractivity contribution is 0.448. The van der Waals surface area contributed by atoms with Gasteiger partial charge in [-0.05, 0) is 19.3 Å². The number of hydrogen-bond donors (Lipinski definition) is 1. The molecule has 0 amide bonds. The summed E-state index contributed by atoms with van der Waals surface area (Å²) < 4.78 is 2.11. The molecule has 0 aromatic carbocycles. The van der Waals surface area contributed by atoms with Crippen molar-refractivity contribution in [3.63, 3.8) is 0 Å². The van der Waals surface area contributed by atoms with Crippen LogP contribution >= 0.6 is 0 Å². The molecule has 2 rings (SSSR count). The maximum atomic E-state index is 4.59. The fourth-order valence-corrected chi connectivity index (χ4v) is 1.69. The monoisotopic (exact) mass is 179 g/mol. The number of anilines is 1. The van der Waals surface area contributed by atoms with E-state index in [2.05, 4.69) is 41.9 Å². The number of hydrogen-bond acceptors (Lipinski definition) is 2. The summed E-state index contributed by atoms with van der Waals surface area (Å²) in [7, 11) is 0. The molecule has 1 atom stereocenters. The minimum absolute atomic E-state index is 0.520. The van der Waals surface area contributed by atoms with Crippen LogP contribution in [0.1, 0.15) is 44.8 Å². The van der Waals surface area contributed by atoms with Gasteiger partial charge in [-0.25, -0.2) is 4.68 Å². The summed E-state index contributed by atoms with van der Waals surface area (Å²) in [5.41, 5.74) is 1.19. The van der Waals surface area contributed by atoms with Crippen LogP contribution in [0.4, 0.5) is 5.82 Å². The van der Waals surface area contributed by atoms with Crippen molar-refractivity contribution in [2.75, 3.05) is 11.9 Å². The second kappa shape index (κ2) is 3.05. The van der Waals surface area contributed by atoms with Crippen molar-refractivity contribution >= 4 is 5.82 Å². The van der Waals surface area contributed by atoms with E-state index in [1.807, 2.05) is 0 Å². The molecule has 0 fully saturated rings. The van der Waals surface area contributed by atoms with Crippen LogP contribution in [0.2, 0.25) is 0 Å². The standard InChI is InChI=1S/C10H17N3/c1-7(2)9-6-10-11-5-4-8(3)13(10)12-9/h6-8,11H,4-5H2,1-3H3. The van der Waals surface area contributed by atoms with Crippen LogP contribution in [0, 0.1) is 0 Å². The van der Waals surface area contributed by atoms with Crippen molar-refractivity contribution in [3.05, 3.63) is 11.8 Å². The van der Waals surface area contributed by atoms with Gasteiger partial charge in [-0.15, -0.1) is 0 Å². The molecule has 1 aliphatic rings. The average molecular weight is 179 g/mol. The molecular weight excluding hydrogens is 162 g/mol.